The second kappa shape index (κ2) is 11.7. The molecule has 0 aromatic heterocycles. The highest BCUT2D eigenvalue weighted by Crippen LogP contribution is 2.23. The SMILES string of the molecule is CCCCCCCCCCCCC(OC)C1=CC(=O)OC1O. The smallest absolute Gasteiger partial charge is 0.333 e. The van der Waals surface area contributed by atoms with Gasteiger partial charge in [0.2, 0.25) is 6.29 Å². The van der Waals surface area contributed by atoms with Crippen molar-refractivity contribution in [1.82, 2.24) is 0 Å². The van der Waals surface area contributed by atoms with Crippen molar-refractivity contribution in [3.8, 4) is 0 Å². The average molecular weight is 312 g/mol. The summed E-state index contributed by atoms with van der Waals surface area (Å²) < 4.78 is 10.1. The predicted molar refractivity (Wildman–Crippen MR) is 87.4 cm³/mol. The zero-order chi connectivity index (χ0) is 16.2. The van der Waals surface area contributed by atoms with Crippen LogP contribution < -0.4 is 0 Å². The number of carbonyl (C=O) groups is 1. The van der Waals surface area contributed by atoms with E-state index in [4.69, 9.17) is 9.47 Å². The zero-order valence-corrected chi connectivity index (χ0v) is 14.2. The molecule has 0 aromatic rings. The summed E-state index contributed by atoms with van der Waals surface area (Å²) in [6.07, 6.45) is 13.7. The van der Waals surface area contributed by atoms with E-state index in [1.807, 2.05) is 0 Å². The minimum atomic E-state index is -1.12. The molecule has 0 bridgehead atoms. The Labute approximate surface area is 134 Å². The highest BCUT2D eigenvalue weighted by atomic mass is 16.6. The van der Waals surface area contributed by atoms with Crippen LogP contribution in [0.3, 0.4) is 0 Å². The Kier molecular flexibility index (Phi) is 10.2. The number of hydrogen-bond donors (Lipinski definition) is 1. The van der Waals surface area contributed by atoms with E-state index >= 15 is 0 Å². The first kappa shape index (κ1) is 19.2. The molecule has 22 heavy (non-hydrogen) atoms. The van der Waals surface area contributed by atoms with Crippen molar-refractivity contribution in [2.75, 3.05) is 7.11 Å². The van der Waals surface area contributed by atoms with E-state index in [1.54, 1.807) is 7.11 Å². The lowest BCUT2D eigenvalue weighted by molar-refractivity contribution is -0.152. The van der Waals surface area contributed by atoms with E-state index in [-0.39, 0.29) is 6.10 Å². The largest absolute Gasteiger partial charge is 0.429 e. The Morgan fingerprint density at radius 3 is 2.09 bits per heavy atom. The van der Waals surface area contributed by atoms with Gasteiger partial charge in [0.05, 0.1) is 6.10 Å². The summed E-state index contributed by atoms with van der Waals surface area (Å²) in [6.45, 7) is 2.25. The maximum Gasteiger partial charge on any atom is 0.333 e. The number of methoxy groups -OCH3 is 1. The van der Waals surface area contributed by atoms with Crippen molar-refractivity contribution >= 4 is 5.97 Å². The molecule has 1 heterocycles. The summed E-state index contributed by atoms with van der Waals surface area (Å²) in [4.78, 5) is 11.1. The Morgan fingerprint density at radius 1 is 1.09 bits per heavy atom. The number of rotatable bonds is 13. The van der Waals surface area contributed by atoms with Crippen LogP contribution in [0.2, 0.25) is 0 Å². The predicted octanol–water partition coefficient (Wildman–Crippen LogP) is 4.11. The monoisotopic (exact) mass is 312 g/mol. The van der Waals surface area contributed by atoms with Crippen molar-refractivity contribution < 1.29 is 19.4 Å². The number of ether oxygens (including phenoxy) is 2. The van der Waals surface area contributed by atoms with Crippen LogP contribution in [0.15, 0.2) is 11.6 Å². The average Bonchev–Trinajstić information content (AvgIpc) is 2.83. The van der Waals surface area contributed by atoms with E-state index in [1.165, 1.54) is 63.9 Å². The zero-order valence-electron chi connectivity index (χ0n) is 14.2. The second-order valence-corrected chi connectivity index (χ2v) is 6.13. The van der Waals surface area contributed by atoms with Gasteiger partial charge >= 0.3 is 5.97 Å². The van der Waals surface area contributed by atoms with Crippen LogP contribution in [-0.2, 0) is 14.3 Å². The molecule has 0 aromatic carbocycles. The molecule has 128 valence electrons. The molecule has 1 rings (SSSR count). The summed E-state index contributed by atoms with van der Waals surface area (Å²) in [7, 11) is 1.61. The molecular weight excluding hydrogens is 280 g/mol. The molecule has 1 N–H and O–H groups in total. The number of aliphatic hydroxyl groups excluding tert-OH is 1. The molecule has 1 aliphatic rings. The van der Waals surface area contributed by atoms with Crippen molar-refractivity contribution in [2.45, 2.75) is 89.9 Å². The highest BCUT2D eigenvalue weighted by molar-refractivity contribution is 5.85. The first-order chi connectivity index (χ1) is 10.7. The maximum atomic E-state index is 11.1. The topological polar surface area (TPSA) is 55.8 Å². The quantitative estimate of drug-likeness (QED) is 0.411. The molecule has 0 spiro atoms. The van der Waals surface area contributed by atoms with E-state index in [9.17, 15) is 9.90 Å². The van der Waals surface area contributed by atoms with Crippen molar-refractivity contribution in [1.29, 1.82) is 0 Å². The van der Waals surface area contributed by atoms with Crippen LogP contribution in [0, 0.1) is 0 Å². The highest BCUT2D eigenvalue weighted by Gasteiger charge is 2.29. The molecule has 2 unspecified atom stereocenters. The number of esters is 1. The summed E-state index contributed by atoms with van der Waals surface area (Å²) in [5.74, 6) is -0.479. The number of unbranched alkanes of at least 4 members (excludes halogenated alkanes) is 9. The van der Waals surface area contributed by atoms with Gasteiger partial charge in [-0.25, -0.2) is 4.79 Å². The lowest BCUT2D eigenvalue weighted by Crippen LogP contribution is -2.22. The Morgan fingerprint density at radius 2 is 1.64 bits per heavy atom. The number of carbonyl (C=O) groups excluding carboxylic acids is 1. The molecule has 0 saturated heterocycles. The standard InChI is InChI=1S/C18H32O4/c1-3-4-5-6-7-8-9-10-11-12-13-16(21-2)15-14-17(19)22-18(15)20/h14,16,18,20H,3-13H2,1-2H3. The molecule has 0 aliphatic carbocycles. The Hall–Kier alpha value is -0.870. The van der Waals surface area contributed by atoms with Crippen LogP contribution in [0.1, 0.15) is 77.6 Å². The van der Waals surface area contributed by atoms with Gasteiger partial charge in [0, 0.05) is 18.8 Å². The Bertz CT molecular complexity index is 338. The fraction of sp³-hybridized carbons (Fsp3) is 0.833. The lowest BCUT2D eigenvalue weighted by Gasteiger charge is -2.18. The molecule has 0 amide bonds. The molecule has 2 atom stereocenters. The Balaban J connectivity index is 2.03. The van der Waals surface area contributed by atoms with Gasteiger partial charge in [0.1, 0.15) is 0 Å². The summed E-state index contributed by atoms with van der Waals surface area (Å²) in [6, 6.07) is 0. The third kappa shape index (κ3) is 7.41. The fourth-order valence-electron chi connectivity index (χ4n) is 2.91. The second-order valence-electron chi connectivity index (χ2n) is 6.13. The first-order valence-corrected chi connectivity index (χ1v) is 8.82. The summed E-state index contributed by atoms with van der Waals surface area (Å²) in [5.41, 5.74) is 0.559. The van der Waals surface area contributed by atoms with Crippen LogP contribution in [0.25, 0.3) is 0 Å². The third-order valence-corrected chi connectivity index (χ3v) is 4.27. The minimum absolute atomic E-state index is 0.213. The van der Waals surface area contributed by atoms with Gasteiger partial charge in [-0.2, -0.15) is 0 Å². The van der Waals surface area contributed by atoms with Crippen LogP contribution in [-0.4, -0.2) is 30.6 Å². The summed E-state index contributed by atoms with van der Waals surface area (Å²) in [5, 5.41) is 9.63. The maximum absolute atomic E-state index is 11.1. The van der Waals surface area contributed by atoms with Gasteiger partial charge in [-0.1, -0.05) is 71.1 Å². The van der Waals surface area contributed by atoms with Crippen LogP contribution >= 0.6 is 0 Å². The van der Waals surface area contributed by atoms with Gasteiger partial charge in [-0.05, 0) is 6.42 Å². The summed E-state index contributed by atoms with van der Waals surface area (Å²) >= 11 is 0. The first-order valence-electron chi connectivity index (χ1n) is 8.82. The number of hydrogen-bond acceptors (Lipinski definition) is 4. The number of cyclic esters (lactones) is 1. The molecular formula is C18H32O4. The van der Waals surface area contributed by atoms with E-state index in [2.05, 4.69) is 6.92 Å². The van der Waals surface area contributed by atoms with Crippen molar-refractivity contribution in [3.05, 3.63) is 11.6 Å². The van der Waals surface area contributed by atoms with E-state index in [0.717, 1.165) is 12.8 Å². The van der Waals surface area contributed by atoms with Gasteiger partial charge in [-0.3, -0.25) is 0 Å². The van der Waals surface area contributed by atoms with Gasteiger partial charge in [0.15, 0.2) is 0 Å². The number of aliphatic hydroxyl groups is 1. The molecule has 0 radical (unpaired) electrons. The molecule has 4 heteroatoms. The molecule has 0 fully saturated rings. The van der Waals surface area contributed by atoms with Crippen LogP contribution in [0.5, 0.6) is 0 Å². The third-order valence-electron chi connectivity index (χ3n) is 4.27. The lowest BCUT2D eigenvalue weighted by atomic mass is 10.0. The van der Waals surface area contributed by atoms with Gasteiger partial charge in [-0.15, -0.1) is 0 Å². The normalized spacial score (nSPS) is 19.1. The van der Waals surface area contributed by atoms with E-state index < -0.39 is 12.3 Å². The van der Waals surface area contributed by atoms with Gasteiger partial charge in [0.25, 0.3) is 0 Å². The molecule has 0 saturated carbocycles. The fourth-order valence-corrected chi connectivity index (χ4v) is 2.91. The minimum Gasteiger partial charge on any atom is -0.429 e. The molecule has 4 nitrogen and oxygen atoms in total. The van der Waals surface area contributed by atoms with E-state index in [0.29, 0.717) is 5.57 Å². The molecule has 1 aliphatic heterocycles. The van der Waals surface area contributed by atoms with Crippen molar-refractivity contribution in [3.63, 3.8) is 0 Å². The van der Waals surface area contributed by atoms with Crippen molar-refractivity contribution in [2.24, 2.45) is 0 Å². The van der Waals surface area contributed by atoms with Gasteiger partial charge < -0.3 is 14.6 Å². The van der Waals surface area contributed by atoms with Crippen LogP contribution in [0.4, 0.5) is 0 Å².